The minimum Gasteiger partial charge on any atom is -0.289 e. The van der Waals surface area contributed by atoms with Gasteiger partial charge in [-0.15, -0.1) is 0 Å². The molecular formula is C9H7N3O. The maximum atomic E-state index is 11.2. The van der Waals surface area contributed by atoms with Gasteiger partial charge in [0.25, 0.3) is 0 Å². The van der Waals surface area contributed by atoms with Crippen molar-refractivity contribution in [3.8, 4) is 0 Å². The Morgan fingerprint density at radius 1 is 1.38 bits per heavy atom. The molecule has 0 aliphatic rings. The van der Waals surface area contributed by atoms with E-state index in [9.17, 15) is 4.79 Å². The fourth-order valence-corrected chi connectivity index (χ4v) is 0.829. The zero-order valence-corrected chi connectivity index (χ0v) is 6.79. The van der Waals surface area contributed by atoms with Gasteiger partial charge in [0.1, 0.15) is 0 Å². The number of allylic oxidation sites excluding steroid dienone is 1. The molecule has 1 rings (SSSR count). The normalized spacial score (nSPS) is 9.54. The van der Waals surface area contributed by atoms with Crippen molar-refractivity contribution in [1.82, 2.24) is 0 Å². The van der Waals surface area contributed by atoms with E-state index in [0.717, 1.165) is 6.20 Å². The number of nitrogens with zero attached hydrogens (tertiary/aromatic N) is 3. The lowest BCUT2D eigenvalue weighted by Crippen LogP contribution is -1.91. The Hall–Kier alpha value is -2.06. The summed E-state index contributed by atoms with van der Waals surface area (Å²) in [7, 11) is 0. The molecule has 0 aromatic heterocycles. The molecule has 13 heavy (non-hydrogen) atoms. The van der Waals surface area contributed by atoms with Gasteiger partial charge in [0.15, 0.2) is 5.78 Å². The highest BCUT2D eigenvalue weighted by atomic mass is 16.1. The standard InChI is InChI=1S/C9H7N3O/c10-12-11-7-6-9(13)8-4-2-1-3-5-8/h1-7H/b7-6+. The molecule has 1 aromatic carbocycles. The van der Waals surface area contributed by atoms with Crippen molar-refractivity contribution in [3.05, 3.63) is 58.6 Å². The number of rotatable bonds is 3. The van der Waals surface area contributed by atoms with E-state index < -0.39 is 0 Å². The molecule has 0 spiro atoms. The predicted octanol–water partition coefficient (Wildman–Crippen LogP) is 2.69. The van der Waals surface area contributed by atoms with E-state index >= 15 is 0 Å². The quantitative estimate of drug-likeness (QED) is 0.228. The third kappa shape index (κ3) is 2.81. The lowest BCUT2D eigenvalue weighted by atomic mass is 10.1. The Labute approximate surface area is 75.1 Å². The minimum absolute atomic E-state index is 0.173. The minimum atomic E-state index is -0.173. The molecule has 0 N–H and O–H groups in total. The van der Waals surface area contributed by atoms with Crippen LogP contribution in [0.3, 0.4) is 0 Å². The Balaban J connectivity index is 2.75. The highest BCUT2D eigenvalue weighted by Crippen LogP contribution is 2.00. The monoisotopic (exact) mass is 173 g/mol. The van der Waals surface area contributed by atoms with Crippen LogP contribution in [0.25, 0.3) is 10.4 Å². The summed E-state index contributed by atoms with van der Waals surface area (Å²) in [5.74, 6) is -0.173. The molecule has 0 bridgehead atoms. The molecule has 0 aliphatic heterocycles. The third-order valence-corrected chi connectivity index (χ3v) is 1.40. The van der Waals surface area contributed by atoms with Crippen molar-refractivity contribution in [2.45, 2.75) is 0 Å². The van der Waals surface area contributed by atoms with E-state index in [1.807, 2.05) is 6.07 Å². The van der Waals surface area contributed by atoms with E-state index in [1.165, 1.54) is 6.08 Å². The van der Waals surface area contributed by atoms with Crippen molar-refractivity contribution in [2.24, 2.45) is 5.11 Å². The molecular weight excluding hydrogens is 166 g/mol. The summed E-state index contributed by atoms with van der Waals surface area (Å²) in [6.45, 7) is 0. The van der Waals surface area contributed by atoms with Gasteiger partial charge >= 0.3 is 0 Å². The van der Waals surface area contributed by atoms with Crippen LogP contribution in [0.2, 0.25) is 0 Å². The second-order valence-corrected chi connectivity index (χ2v) is 2.25. The number of benzene rings is 1. The SMILES string of the molecule is [N-]=[N+]=N/C=C/C(=O)c1ccccc1. The highest BCUT2D eigenvalue weighted by Gasteiger charge is 1.97. The first-order chi connectivity index (χ1) is 6.34. The van der Waals surface area contributed by atoms with Crippen LogP contribution in [0.1, 0.15) is 10.4 Å². The van der Waals surface area contributed by atoms with Crippen LogP contribution in [0.15, 0.2) is 47.7 Å². The third-order valence-electron chi connectivity index (χ3n) is 1.40. The van der Waals surface area contributed by atoms with Gasteiger partial charge in [-0.25, -0.2) is 0 Å². The van der Waals surface area contributed by atoms with Crippen LogP contribution in [0.5, 0.6) is 0 Å². The van der Waals surface area contributed by atoms with Gasteiger partial charge in [0.2, 0.25) is 0 Å². The van der Waals surface area contributed by atoms with E-state index in [0.29, 0.717) is 5.56 Å². The Kier molecular flexibility index (Phi) is 3.30. The highest BCUT2D eigenvalue weighted by molar-refractivity contribution is 6.04. The molecule has 1 aromatic rings. The summed E-state index contributed by atoms with van der Waals surface area (Å²) < 4.78 is 0. The molecule has 0 heterocycles. The second kappa shape index (κ2) is 4.74. The van der Waals surface area contributed by atoms with E-state index in [-0.39, 0.29) is 5.78 Å². The Bertz CT molecular complexity index is 364. The first-order valence-corrected chi connectivity index (χ1v) is 3.65. The lowest BCUT2D eigenvalue weighted by Gasteiger charge is -1.91. The summed E-state index contributed by atoms with van der Waals surface area (Å²) in [5.41, 5.74) is 8.52. The van der Waals surface area contributed by atoms with Crippen molar-refractivity contribution < 1.29 is 4.79 Å². The van der Waals surface area contributed by atoms with Crippen molar-refractivity contribution in [3.63, 3.8) is 0 Å². The van der Waals surface area contributed by atoms with Gasteiger partial charge in [0, 0.05) is 16.7 Å². The topological polar surface area (TPSA) is 65.8 Å². The molecule has 0 amide bonds. The molecule has 0 saturated heterocycles. The number of ketones is 1. The Morgan fingerprint density at radius 2 is 2.08 bits per heavy atom. The fraction of sp³-hybridized carbons (Fsp3) is 0. The predicted molar refractivity (Wildman–Crippen MR) is 49.1 cm³/mol. The molecule has 4 heteroatoms. The van der Waals surface area contributed by atoms with E-state index in [4.69, 9.17) is 5.53 Å². The van der Waals surface area contributed by atoms with Crippen LogP contribution in [0.4, 0.5) is 0 Å². The summed E-state index contributed by atoms with van der Waals surface area (Å²) in [6.07, 6.45) is 2.37. The number of azide groups is 1. The first kappa shape index (κ1) is 9.03. The lowest BCUT2D eigenvalue weighted by molar-refractivity contribution is 0.104. The second-order valence-electron chi connectivity index (χ2n) is 2.25. The van der Waals surface area contributed by atoms with E-state index in [1.54, 1.807) is 24.3 Å². The summed E-state index contributed by atoms with van der Waals surface area (Å²) >= 11 is 0. The zero-order valence-electron chi connectivity index (χ0n) is 6.79. The smallest absolute Gasteiger partial charge is 0.185 e. The Morgan fingerprint density at radius 3 is 2.69 bits per heavy atom. The number of hydrogen-bond acceptors (Lipinski definition) is 2. The molecule has 0 saturated carbocycles. The van der Waals surface area contributed by atoms with Crippen LogP contribution in [0, 0.1) is 0 Å². The average molecular weight is 173 g/mol. The number of carbonyl (C=O) groups excluding carboxylic acids is 1. The zero-order chi connectivity index (χ0) is 9.52. The van der Waals surface area contributed by atoms with Crippen molar-refractivity contribution in [1.29, 1.82) is 0 Å². The fourth-order valence-electron chi connectivity index (χ4n) is 0.829. The first-order valence-electron chi connectivity index (χ1n) is 3.65. The van der Waals surface area contributed by atoms with Gasteiger partial charge < -0.3 is 0 Å². The molecule has 0 unspecified atom stereocenters. The molecule has 4 nitrogen and oxygen atoms in total. The van der Waals surface area contributed by atoms with Gasteiger partial charge in [-0.3, -0.25) is 4.79 Å². The van der Waals surface area contributed by atoms with Gasteiger partial charge in [0.05, 0.1) is 0 Å². The number of hydrogen-bond donors (Lipinski definition) is 0. The largest absolute Gasteiger partial charge is 0.289 e. The van der Waals surface area contributed by atoms with Crippen LogP contribution < -0.4 is 0 Å². The summed E-state index contributed by atoms with van der Waals surface area (Å²) in [5, 5.41) is 3.12. The van der Waals surface area contributed by atoms with Crippen LogP contribution in [-0.2, 0) is 0 Å². The summed E-state index contributed by atoms with van der Waals surface area (Å²) in [4.78, 5) is 13.7. The van der Waals surface area contributed by atoms with Crippen molar-refractivity contribution in [2.75, 3.05) is 0 Å². The van der Waals surface area contributed by atoms with Gasteiger partial charge in [-0.2, -0.15) is 0 Å². The molecule has 64 valence electrons. The van der Waals surface area contributed by atoms with E-state index in [2.05, 4.69) is 10.0 Å². The number of carbonyl (C=O) groups is 1. The van der Waals surface area contributed by atoms with Gasteiger partial charge in [-0.05, 0) is 11.6 Å². The maximum absolute atomic E-state index is 11.2. The van der Waals surface area contributed by atoms with Crippen LogP contribution >= 0.6 is 0 Å². The summed E-state index contributed by atoms with van der Waals surface area (Å²) in [6, 6.07) is 8.77. The molecule has 0 radical (unpaired) electrons. The molecule has 0 aliphatic carbocycles. The van der Waals surface area contributed by atoms with Crippen molar-refractivity contribution >= 4 is 5.78 Å². The molecule has 0 atom stereocenters. The van der Waals surface area contributed by atoms with Crippen LogP contribution in [-0.4, -0.2) is 5.78 Å². The average Bonchev–Trinajstić information content (AvgIpc) is 2.19. The maximum Gasteiger partial charge on any atom is 0.185 e. The molecule has 0 fully saturated rings. The van der Waals surface area contributed by atoms with Gasteiger partial charge in [-0.1, -0.05) is 35.4 Å².